The number of hydrogen-bond acceptors (Lipinski definition) is 6. The number of ether oxygens (including phenoxy) is 2. The molecule has 0 radical (unpaired) electrons. The van der Waals surface area contributed by atoms with Crippen LogP contribution in [0.2, 0.25) is 0 Å². The number of carbonyl (C=O) groups is 4. The van der Waals surface area contributed by atoms with Crippen molar-refractivity contribution in [2.45, 2.75) is 42.5 Å². The Morgan fingerprint density at radius 1 is 0.500 bits per heavy atom. The van der Waals surface area contributed by atoms with Gasteiger partial charge in [-0.05, 0) is 27.7 Å². The van der Waals surface area contributed by atoms with Gasteiger partial charge in [0, 0.05) is 36.5 Å². The molecule has 0 aliphatic heterocycles. The van der Waals surface area contributed by atoms with Crippen LogP contribution in [0.15, 0.2) is 48.5 Å². The molecule has 0 fully saturated rings. The molecule has 0 spiro atoms. The summed E-state index contributed by atoms with van der Waals surface area (Å²) in [5.74, 6) is 0.0745. The van der Waals surface area contributed by atoms with Gasteiger partial charge in [-0.1, -0.05) is 63.4 Å². The van der Waals surface area contributed by atoms with Gasteiger partial charge in [0.1, 0.15) is 0 Å². The highest BCUT2D eigenvalue weighted by Crippen LogP contribution is 2.06. The first-order valence-corrected chi connectivity index (χ1v) is 9.35. The summed E-state index contributed by atoms with van der Waals surface area (Å²) in [6.45, 7) is 7.39. The molecule has 0 aromatic heterocycles. The average Bonchev–Trinajstić information content (AvgIpc) is 2.73. The quantitative estimate of drug-likeness (QED) is 0.398. The van der Waals surface area contributed by atoms with Crippen molar-refractivity contribution in [1.29, 1.82) is 0 Å². The molecule has 2 rings (SSSR count). The summed E-state index contributed by atoms with van der Waals surface area (Å²) in [5.41, 5.74) is 2.56. The van der Waals surface area contributed by atoms with Crippen LogP contribution in [0.1, 0.15) is 84.0 Å². The molecule has 0 saturated carbocycles. The van der Waals surface area contributed by atoms with E-state index in [0.717, 1.165) is 0 Å². The third-order valence-corrected chi connectivity index (χ3v) is 3.89. The van der Waals surface area contributed by atoms with Gasteiger partial charge >= 0.3 is 0 Å². The summed E-state index contributed by atoms with van der Waals surface area (Å²) in [6, 6.07) is 13.3. The minimum absolute atomic E-state index is 0. The lowest BCUT2D eigenvalue weighted by molar-refractivity contribution is 0.100. The number of benzene rings is 2. The van der Waals surface area contributed by atoms with Crippen LogP contribution in [0.4, 0.5) is 0 Å². The molecule has 0 heterocycles. The highest BCUT2D eigenvalue weighted by atomic mass is 16.5. The molecule has 2 aromatic carbocycles. The van der Waals surface area contributed by atoms with Crippen molar-refractivity contribution in [2.24, 2.45) is 0 Å². The fraction of sp³-hybridized carbons (Fsp3) is 0.385. The summed E-state index contributed by atoms with van der Waals surface area (Å²) >= 11 is 0. The Hall–Kier alpha value is -2.96. The van der Waals surface area contributed by atoms with E-state index < -0.39 is 0 Å². The van der Waals surface area contributed by atoms with Gasteiger partial charge in [0.15, 0.2) is 23.1 Å². The van der Waals surface area contributed by atoms with E-state index in [1.54, 1.807) is 62.8 Å². The Balaban J connectivity index is -0.000000404. The maximum absolute atomic E-state index is 10.8. The molecule has 178 valence electrons. The second kappa shape index (κ2) is 18.8. The van der Waals surface area contributed by atoms with Gasteiger partial charge in [0.05, 0.1) is 13.2 Å². The van der Waals surface area contributed by atoms with Crippen molar-refractivity contribution in [3.8, 4) is 0 Å². The monoisotopic (exact) mass is 446 g/mol. The van der Waals surface area contributed by atoms with E-state index in [1.165, 1.54) is 27.7 Å². The summed E-state index contributed by atoms with van der Waals surface area (Å²) in [6.07, 6.45) is 0. The van der Waals surface area contributed by atoms with Crippen LogP contribution >= 0.6 is 0 Å². The number of hydrogen-bond donors (Lipinski definition) is 0. The lowest BCUT2D eigenvalue weighted by Gasteiger charge is -1.96. The summed E-state index contributed by atoms with van der Waals surface area (Å²) in [7, 11) is 3.30. The highest BCUT2D eigenvalue weighted by molar-refractivity contribution is 5.98. The van der Waals surface area contributed by atoms with Crippen LogP contribution < -0.4 is 0 Å². The normalized spacial score (nSPS) is 8.81. The standard InChI is InChI=1S/2C10H10O2.C4H10O2.2CH4/c2*1-7(11)9-3-5-10(6-4-9)8(2)12;1-5-3-4-6-2;;/h2*3-6H,1-2H3;3-4H2,1-2H3;2*1H4. The predicted octanol–water partition coefficient (Wildman–Crippen LogP) is 5.74. The van der Waals surface area contributed by atoms with Gasteiger partial charge in [0.2, 0.25) is 0 Å². The molecule has 0 saturated heterocycles. The van der Waals surface area contributed by atoms with Crippen molar-refractivity contribution in [3.63, 3.8) is 0 Å². The van der Waals surface area contributed by atoms with Crippen LogP contribution in [-0.4, -0.2) is 50.6 Å². The van der Waals surface area contributed by atoms with E-state index in [-0.39, 0.29) is 38.0 Å². The Morgan fingerprint density at radius 2 is 0.656 bits per heavy atom. The zero-order valence-corrected chi connectivity index (χ0v) is 18.5. The highest BCUT2D eigenvalue weighted by Gasteiger charge is 2.01. The van der Waals surface area contributed by atoms with Gasteiger partial charge in [-0.15, -0.1) is 0 Å². The van der Waals surface area contributed by atoms with Crippen LogP contribution in [0, 0.1) is 0 Å². The maximum atomic E-state index is 10.8. The van der Waals surface area contributed by atoms with Gasteiger partial charge in [-0.2, -0.15) is 0 Å². The molecule has 0 aliphatic rings. The Morgan fingerprint density at radius 3 is 0.750 bits per heavy atom. The van der Waals surface area contributed by atoms with E-state index in [0.29, 0.717) is 35.5 Å². The summed E-state index contributed by atoms with van der Waals surface area (Å²) in [4.78, 5) is 43.4. The number of carbonyl (C=O) groups excluding carboxylic acids is 4. The Labute approximate surface area is 192 Å². The third-order valence-electron chi connectivity index (χ3n) is 3.89. The van der Waals surface area contributed by atoms with Gasteiger partial charge in [0.25, 0.3) is 0 Å². The number of ketones is 4. The van der Waals surface area contributed by atoms with Crippen LogP contribution in [0.5, 0.6) is 0 Å². The lowest BCUT2D eigenvalue weighted by Crippen LogP contribution is -1.96. The molecule has 2 aromatic rings. The van der Waals surface area contributed by atoms with Crippen molar-refractivity contribution in [3.05, 3.63) is 70.8 Å². The first kappa shape index (κ1) is 33.7. The third kappa shape index (κ3) is 14.1. The van der Waals surface area contributed by atoms with E-state index >= 15 is 0 Å². The van der Waals surface area contributed by atoms with E-state index in [1.807, 2.05) is 0 Å². The van der Waals surface area contributed by atoms with Crippen LogP contribution in [0.3, 0.4) is 0 Å². The molecule has 32 heavy (non-hydrogen) atoms. The van der Waals surface area contributed by atoms with Gasteiger partial charge < -0.3 is 9.47 Å². The fourth-order valence-electron chi connectivity index (χ4n) is 2.05. The molecule has 0 aliphatic carbocycles. The van der Waals surface area contributed by atoms with Crippen molar-refractivity contribution < 1.29 is 28.7 Å². The number of Topliss-reactive ketones (excluding diaryl/α,β-unsaturated/α-hetero) is 4. The molecule has 0 unspecified atom stereocenters. The van der Waals surface area contributed by atoms with Crippen molar-refractivity contribution >= 4 is 23.1 Å². The molecule has 0 atom stereocenters. The average molecular weight is 447 g/mol. The van der Waals surface area contributed by atoms with Gasteiger partial charge in [-0.25, -0.2) is 0 Å². The fourth-order valence-corrected chi connectivity index (χ4v) is 2.05. The molecular weight excluding hydrogens is 408 g/mol. The smallest absolute Gasteiger partial charge is 0.159 e. The molecule has 6 nitrogen and oxygen atoms in total. The number of methoxy groups -OCH3 is 2. The Kier molecular flexibility index (Phi) is 19.8. The number of rotatable bonds is 7. The minimum atomic E-state index is 0. The largest absolute Gasteiger partial charge is 0.382 e. The van der Waals surface area contributed by atoms with Crippen LogP contribution in [-0.2, 0) is 9.47 Å². The first-order valence-electron chi connectivity index (χ1n) is 9.35. The second-order valence-electron chi connectivity index (χ2n) is 6.37. The maximum Gasteiger partial charge on any atom is 0.159 e. The van der Waals surface area contributed by atoms with E-state index in [2.05, 4.69) is 9.47 Å². The van der Waals surface area contributed by atoms with Crippen molar-refractivity contribution in [2.75, 3.05) is 27.4 Å². The topological polar surface area (TPSA) is 86.7 Å². The molecule has 0 amide bonds. The predicted molar refractivity (Wildman–Crippen MR) is 130 cm³/mol. The molecular formula is C26H38O6. The minimum Gasteiger partial charge on any atom is -0.382 e. The zero-order chi connectivity index (χ0) is 23.1. The summed E-state index contributed by atoms with van der Waals surface area (Å²) < 4.78 is 9.31. The molecule has 0 bridgehead atoms. The van der Waals surface area contributed by atoms with E-state index in [4.69, 9.17) is 0 Å². The first-order chi connectivity index (χ1) is 14.1. The van der Waals surface area contributed by atoms with Crippen molar-refractivity contribution in [1.82, 2.24) is 0 Å². The lowest BCUT2D eigenvalue weighted by atomic mass is 10.1. The molecule has 0 N–H and O–H groups in total. The van der Waals surface area contributed by atoms with E-state index in [9.17, 15) is 19.2 Å². The zero-order valence-electron chi connectivity index (χ0n) is 18.5. The molecule has 6 heteroatoms. The van der Waals surface area contributed by atoms with Gasteiger partial charge in [-0.3, -0.25) is 19.2 Å². The summed E-state index contributed by atoms with van der Waals surface area (Å²) in [5, 5.41) is 0. The Bertz CT molecular complexity index is 683. The van der Waals surface area contributed by atoms with Crippen LogP contribution in [0.25, 0.3) is 0 Å². The SMILES string of the molecule is C.C.CC(=O)c1ccc(C(C)=O)cc1.CC(=O)c1ccc(C(C)=O)cc1.COCCOC. The second-order valence-corrected chi connectivity index (χ2v) is 6.37.